The summed E-state index contributed by atoms with van der Waals surface area (Å²) in [4.78, 5) is 34.0. The van der Waals surface area contributed by atoms with Gasteiger partial charge in [-0.05, 0) is 26.0 Å². The highest BCUT2D eigenvalue weighted by molar-refractivity contribution is 6.05. The van der Waals surface area contributed by atoms with Crippen molar-refractivity contribution >= 4 is 22.9 Å². The first-order valence-corrected chi connectivity index (χ1v) is 6.82. The highest BCUT2D eigenvalue weighted by Crippen LogP contribution is 2.16. The summed E-state index contributed by atoms with van der Waals surface area (Å²) in [6, 6.07) is 5.23. The van der Waals surface area contributed by atoms with Gasteiger partial charge in [0.15, 0.2) is 0 Å². The SMILES string of the molecule is CCOC(=O)CN(CC)C(=O)c1cccc2nccnc12. The van der Waals surface area contributed by atoms with E-state index < -0.39 is 5.97 Å². The maximum Gasteiger partial charge on any atom is 0.325 e. The molecule has 0 fully saturated rings. The Morgan fingerprint density at radius 3 is 2.67 bits per heavy atom. The summed E-state index contributed by atoms with van der Waals surface area (Å²) in [5, 5.41) is 0. The number of nitrogens with zero attached hydrogens (tertiary/aromatic N) is 3. The van der Waals surface area contributed by atoms with Gasteiger partial charge in [0.1, 0.15) is 12.1 Å². The molecule has 0 aliphatic rings. The number of benzene rings is 1. The molecule has 0 N–H and O–H groups in total. The summed E-state index contributed by atoms with van der Waals surface area (Å²) in [6.07, 6.45) is 3.12. The Hall–Kier alpha value is -2.50. The van der Waals surface area contributed by atoms with Crippen molar-refractivity contribution in [3.8, 4) is 0 Å². The third kappa shape index (κ3) is 3.34. The molecule has 1 aromatic heterocycles. The third-order valence-corrected chi connectivity index (χ3v) is 3.02. The van der Waals surface area contributed by atoms with E-state index in [0.29, 0.717) is 29.7 Å². The Morgan fingerprint density at radius 1 is 1.19 bits per heavy atom. The van der Waals surface area contributed by atoms with Crippen LogP contribution < -0.4 is 0 Å². The molecule has 0 unspecified atom stereocenters. The average molecular weight is 287 g/mol. The van der Waals surface area contributed by atoms with Crippen molar-refractivity contribution in [2.24, 2.45) is 0 Å². The molecule has 2 rings (SSSR count). The van der Waals surface area contributed by atoms with E-state index in [9.17, 15) is 9.59 Å². The number of rotatable bonds is 5. The molecule has 0 spiro atoms. The zero-order chi connectivity index (χ0) is 15.2. The van der Waals surface area contributed by atoms with Crippen molar-refractivity contribution in [1.29, 1.82) is 0 Å². The summed E-state index contributed by atoms with van der Waals surface area (Å²) in [6.45, 7) is 4.18. The van der Waals surface area contributed by atoms with Gasteiger partial charge in [-0.15, -0.1) is 0 Å². The second-order valence-corrected chi connectivity index (χ2v) is 4.35. The molecule has 0 atom stereocenters. The summed E-state index contributed by atoms with van der Waals surface area (Å²) < 4.78 is 4.89. The summed E-state index contributed by atoms with van der Waals surface area (Å²) in [5.74, 6) is -0.671. The summed E-state index contributed by atoms with van der Waals surface area (Å²) in [5.41, 5.74) is 1.62. The van der Waals surface area contributed by atoms with Gasteiger partial charge in [-0.1, -0.05) is 6.07 Å². The highest BCUT2D eigenvalue weighted by Gasteiger charge is 2.20. The van der Waals surface area contributed by atoms with E-state index in [2.05, 4.69) is 9.97 Å². The van der Waals surface area contributed by atoms with Crippen molar-refractivity contribution in [3.05, 3.63) is 36.2 Å². The number of ether oxygens (including phenoxy) is 1. The van der Waals surface area contributed by atoms with E-state index in [1.165, 1.54) is 4.90 Å². The number of fused-ring (bicyclic) bond motifs is 1. The van der Waals surface area contributed by atoms with Crippen molar-refractivity contribution in [2.75, 3.05) is 19.7 Å². The van der Waals surface area contributed by atoms with Crippen LogP contribution in [0.5, 0.6) is 0 Å². The number of para-hydroxylation sites is 1. The lowest BCUT2D eigenvalue weighted by atomic mass is 10.1. The molecule has 0 bridgehead atoms. The second-order valence-electron chi connectivity index (χ2n) is 4.35. The first-order chi connectivity index (χ1) is 10.2. The fourth-order valence-corrected chi connectivity index (χ4v) is 2.03. The monoisotopic (exact) mass is 287 g/mol. The molecule has 1 aromatic carbocycles. The zero-order valence-corrected chi connectivity index (χ0v) is 12.1. The lowest BCUT2D eigenvalue weighted by Crippen LogP contribution is -2.36. The van der Waals surface area contributed by atoms with Crippen LogP contribution in [0.2, 0.25) is 0 Å². The van der Waals surface area contributed by atoms with E-state index in [0.717, 1.165) is 0 Å². The van der Waals surface area contributed by atoms with Gasteiger partial charge in [-0.25, -0.2) is 0 Å². The zero-order valence-electron chi connectivity index (χ0n) is 12.1. The lowest BCUT2D eigenvalue weighted by Gasteiger charge is -2.20. The van der Waals surface area contributed by atoms with Crippen molar-refractivity contribution in [2.45, 2.75) is 13.8 Å². The van der Waals surface area contributed by atoms with Crippen LogP contribution in [-0.4, -0.2) is 46.4 Å². The molecule has 0 aliphatic heterocycles. The predicted octanol–water partition coefficient (Wildman–Crippen LogP) is 1.66. The Bertz CT molecular complexity index is 652. The molecular weight excluding hydrogens is 270 g/mol. The number of hydrogen-bond acceptors (Lipinski definition) is 5. The molecule has 21 heavy (non-hydrogen) atoms. The fourth-order valence-electron chi connectivity index (χ4n) is 2.03. The Balaban J connectivity index is 2.29. The van der Waals surface area contributed by atoms with E-state index >= 15 is 0 Å². The van der Waals surface area contributed by atoms with E-state index in [4.69, 9.17) is 4.74 Å². The normalized spacial score (nSPS) is 10.4. The number of amides is 1. The topological polar surface area (TPSA) is 72.4 Å². The van der Waals surface area contributed by atoms with Gasteiger partial charge in [0.05, 0.1) is 17.7 Å². The molecule has 6 nitrogen and oxygen atoms in total. The minimum absolute atomic E-state index is 0.0696. The highest BCUT2D eigenvalue weighted by atomic mass is 16.5. The van der Waals surface area contributed by atoms with Crippen LogP contribution in [0.3, 0.4) is 0 Å². The van der Waals surface area contributed by atoms with Crippen molar-refractivity contribution in [3.63, 3.8) is 0 Å². The number of likely N-dealkylation sites (N-methyl/N-ethyl adjacent to an activating group) is 1. The van der Waals surface area contributed by atoms with Gasteiger partial charge >= 0.3 is 5.97 Å². The fraction of sp³-hybridized carbons (Fsp3) is 0.333. The molecule has 2 aromatic rings. The van der Waals surface area contributed by atoms with Crippen LogP contribution in [0.1, 0.15) is 24.2 Å². The molecule has 110 valence electrons. The molecule has 0 saturated carbocycles. The van der Waals surface area contributed by atoms with Crippen molar-refractivity contribution in [1.82, 2.24) is 14.9 Å². The third-order valence-electron chi connectivity index (χ3n) is 3.02. The quantitative estimate of drug-likeness (QED) is 0.782. The molecule has 0 aliphatic carbocycles. The average Bonchev–Trinajstić information content (AvgIpc) is 2.51. The van der Waals surface area contributed by atoms with Gasteiger partial charge in [-0.2, -0.15) is 0 Å². The Morgan fingerprint density at radius 2 is 1.95 bits per heavy atom. The van der Waals surface area contributed by atoms with Crippen LogP contribution in [0.15, 0.2) is 30.6 Å². The maximum atomic E-state index is 12.6. The van der Waals surface area contributed by atoms with Crippen molar-refractivity contribution < 1.29 is 14.3 Å². The first kappa shape index (κ1) is 14.9. The van der Waals surface area contributed by atoms with E-state index in [1.807, 2.05) is 6.92 Å². The largest absolute Gasteiger partial charge is 0.465 e. The van der Waals surface area contributed by atoms with Crippen LogP contribution >= 0.6 is 0 Å². The Kier molecular flexibility index (Phi) is 4.81. The minimum Gasteiger partial charge on any atom is -0.465 e. The van der Waals surface area contributed by atoms with E-state index in [-0.39, 0.29) is 12.5 Å². The number of aromatic nitrogens is 2. The molecule has 1 amide bonds. The summed E-state index contributed by atoms with van der Waals surface area (Å²) in [7, 11) is 0. The van der Waals surface area contributed by atoms with Gasteiger partial charge in [0.25, 0.3) is 5.91 Å². The number of carbonyl (C=O) groups is 2. The maximum absolute atomic E-state index is 12.6. The molecule has 0 saturated heterocycles. The summed E-state index contributed by atoms with van der Waals surface area (Å²) >= 11 is 0. The van der Waals surface area contributed by atoms with Gasteiger partial charge in [-0.3, -0.25) is 19.6 Å². The second kappa shape index (κ2) is 6.78. The standard InChI is InChI=1S/C15H17N3O3/c1-3-18(10-13(19)21-4-2)15(20)11-6-5-7-12-14(11)17-9-8-16-12/h5-9H,3-4,10H2,1-2H3. The molecule has 1 heterocycles. The molecule has 6 heteroatoms. The number of carbonyl (C=O) groups excluding carboxylic acids is 2. The van der Waals surface area contributed by atoms with Crippen LogP contribution in [0.25, 0.3) is 11.0 Å². The minimum atomic E-state index is -0.418. The van der Waals surface area contributed by atoms with Crippen LogP contribution in [0, 0.1) is 0 Å². The lowest BCUT2D eigenvalue weighted by molar-refractivity contribution is -0.143. The Labute approximate surface area is 122 Å². The first-order valence-electron chi connectivity index (χ1n) is 6.82. The van der Waals surface area contributed by atoms with Gasteiger partial charge < -0.3 is 9.64 Å². The molecule has 0 radical (unpaired) electrons. The number of esters is 1. The van der Waals surface area contributed by atoms with Crippen LogP contribution in [-0.2, 0) is 9.53 Å². The van der Waals surface area contributed by atoms with E-state index in [1.54, 1.807) is 37.5 Å². The van der Waals surface area contributed by atoms with Gasteiger partial charge in [0, 0.05) is 18.9 Å². The van der Waals surface area contributed by atoms with Gasteiger partial charge in [0.2, 0.25) is 0 Å². The predicted molar refractivity (Wildman–Crippen MR) is 77.7 cm³/mol. The van der Waals surface area contributed by atoms with Crippen LogP contribution in [0.4, 0.5) is 0 Å². The number of hydrogen-bond donors (Lipinski definition) is 0. The molecular formula is C15H17N3O3. The smallest absolute Gasteiger partial charge is 0.325 e.